The monoisotopic (exact) mass is 387 g/mol. The smallest absolute Gasteiger partial charge is 0.349 e. The van der Waals surface area contributed by atoms with Gasteiger partial charge in [0, 0.05) is 18.7 Å². The first-order valence-corrected chi connectivity index (χ1v) is 9.66. The Morgan fingerprint density at radius 3 is 2.62 bits per heavy atom. The summed E-state index contributed by atoms with van der Waals surface area (Å²) in [6.07, 6.45) is 0.925. The summed E-state index contributed by atoms with van der Waals surface area (Å²) in [5, 5.41) is 9.55. The van der Waals surface area contributed by atoms with Crippen LogP contribution in [0.1, 0.15) is 23.6 Å². The number of anilines is 1. The Bertz CT molecular complexity index is 1050. The third kappa shape index (κ3) is 3.41. The van der Waals surface area contributed by atoms with Gasteiger partial charge in [0.15, 0.2) is 5.57 Å². The molecule has 6 nitrogen and oxygen atoms in total. The molecular weight excluding hydrogens is 366 g/mol. The number of ether oxygens (including phenoxy) is 1. The van der Waals surface area contributed by atoms with Gasteiger partial charge in [-0.1, -0.05) is 42.5 Å². The Balaban J connectivity index is 1.67. The van der Waals surface area contributed by atoms with E-state index in [1.54, 1.807) is 24.0 Å². The second kappa shape index (κ2) is 7.90. The van der Waals surface area contributed by atoms with E-state index < -0.39 is 5.97 Å². The number of nitrogens with zero attached hydrogens (tertiary/aromatic N) is 3. The van der Waals surface area contributed by atoms with Gasteiger partial charge in [0.05, 0.1) is 24.5 Å². The summed E-state index contributed by atoms with van der Waals surface area (Å²) >= 11 is 0. The van der Waals surface area contributed by atoms with Crippen LogP contribution in [-0.2, 0) is 27.3 Å². The molecule has 0 atom stereocenters. The van der Waals surface area contributed by atoms with Gasteiger partial charge in [-0.3, -0.25) is 14.6 Å². The predicted molar refractivity (Wildman–Crippen MR) is 109 cm³/mol. The van der Waals surface area contributed by atoms with Crippen LogP contribution in [0.3, 0.4) is 0 Å². The molecular formula is C23H21N3O3. The van der Waals surface area contributed by atoms with Crippen molar-refractivity contribution in [3.8, 4) is 6.07 Å². The van der Waals surface area contributed by atoms with E-state index in [4.69, 9.17) is 4.74 Å². The summed E-state index contributed by atoms with van der Waals surface area (Å²) in [6, 6.07) is 17.5. The van der Waals surface area contributed by atoms with Gasteiger partial charge >= 0.3 is 5.97 Å². The van der Waals surface area contributed by atoms with E-state index in [0.29, 0.717) is 17.9 Å². The summed E-state index contributed by atoms with van der Waals surface area (Å²) in [7, 11) is 0. The van der Waals surface area contributed by atoms with E-state index in [2.05, 4.69) is 17.0 Å². The molecule has 29 heavy (non-hydrogen) atoms. The van der Waals surface area contributed by atoms with Gasteiger partial charge in [0.2, 0.25) is 0 Å². The average molecular weight is 387 g/mol. The number of carbonyl (C=O) groups excluding carboxylic acids is 2. The van der Waals surface area contributed by atoms with Crippen molar-refractivity contribution in [2.75, 3.05) is 24.7 Å². The van der Waals surface area contributed by atoms with E-state index in [9.17, 15) is 14.9 Å². The molecule has 0 fully saturated rings. The highest BCUT2D eigenvalue weighted by Crippen LogP contribution is 2.39. The second-order valence-corrected chi connectivity index (χ2v) is 7.05. The Morgan fingerprint density at radius 2 is 1.86 bits per heavy atom. The van der Waals surface area contributed by atoms with Crippen LogP contribution in [0.25, 0.3) is 5.57 Å². The molecule has 0 aliphatic carbocycles. The van der Waals surface area contributed by atoms with Crippen LogP contribution in [0.4, 0.5) is 5.69 Å². The van der Waals surface area contributed by atoms with Crippen LogP contribution in [0, 0.1) is 11.3 Å². The summed E-state index contributed by atoms with van der Waals surface area (Å²) in [5.41, 5.74) is 3.79. The summed E-state index contributed by atoms with van der Waals surface area (Å²) in [6.45, 7) is 3.80. The zero-order valence-electron chi connectivity index (χ0n) is 16.2. The number of amides is 1. The van der Waals surface area contributed by atoms with Gasteiger partial charge < -0.3 is 4.74 Å². The first-order valence-electron chi connectivity index (χ1n) is 9.66. The minimum Gasteiger partial charge on any atom is -0.462 e. The number of rotatable bonds is 4. The van der Waals surface area contributed by atoms with Crippen molar-refractivity contribution in [3.63, 3.8) is 0 Å². The summed E-state index contributed by atoms with van der Waals surface area (Å²) < 4.78 is 4.99. The predicted octanol–water partition coefficient (Wildman–Crippen LogP) is 2.89. The molecule has 4 rings (SSSR count). The minimum atomic E-state index is -0.762. The Hall–Kier alpha value is -3.43. The highest BCUT2D eigenvalue weighted by atomic mass is 16.5. The van der Waals surface area contributed by atoms with Crippen LogP contribution < -0.4 is 4.90 Å². The molecule has 0 aromatic heterocycles. The molecule has 0 spiro atoms. The normalized spacial score (nSPS) is 17.4. The highest BCUT2D eigenvalue weighted by Gasteiger charge is 2.37. The zero-order chi connectivity index (χ0) is 20.4. The molecule has 0 saturated heterocycles. The molecule has 0 saturated carbocycles. The number of hydrogen-bond acceptors (Lipinski definition) is 5. The van der Waals surface area contributed by atoms with Crippen molar-refractivity contribution in [2.45, 2.75) is 19.9 Å². The molecule has 2 aromatic carbocycles. The maximum Gasteiger partial charge on any atom is 0.349 e. The number of benzene rings is 2. The number of fused-ring (bicyclic) bond motifs is 2. The third-order valence-corrected chi connectivity index (χ3v) is 5.32. The van der Waals surface area contributed by atoms with E-state index in [1.165, 1.54) is 11.1 Å². The molecule has 2 aliphatic rings. The lowest BCUT2D eigenvalue weighted by Crippen LogP contribution is -2.42. The molecule has 6 heteroatoms. The van der Waals surface area contributed by atoms with Crippen LogP contribution in [0.15, 0.2) is 54.1 Å². The molecule has 0 radical (unpaired) electrons. The first kappa shape index (κ1) is 18.9. The van der Waals surface area contributed by atoms with Gasteiger partial charge in [-0.15, -0.1) is 0 Å². The first-order chi connectivity index (χ1) is 14.1. The van der Waals surface area contributed by atoms with Crippen molar-refractivity contribution in [2.24, 2.45) is 0 Å². The molecule has 2 aliphatic heterocycles. The molecule has 0 bridgehead atoms. The maximum absolute atomic E-state index is 13.3. The molecule has 0 unspecified atom stereocenters. The van der Waals surface area contributed by atoms with Crippen LogP contribution in [0.5, 0.6) is 0 Å². The van der Waals surface area contributed by atoms with Gasteiger partial charge in [-0.2, -0.15) is 5.26 Å². The van der Waals surface area contributed by atoms with Crippen molar-refractivity contribution >= 4 is 23.1 Å². The highest BCUT2D eigenvalue weighted by molar-refractivity contribution is 6.36. The van der Waals surface area contributed by atoms with Crippen LogP contribution in [0.2, 0.25) is 0 Å². The van der Waals surface area contributed by atoms with E-state index in [1.807, 2.05) is 30.3 Å². The zero-order valence-corrected chi connectivity index (χ0v) is 16.2. The van der Waals surface area contributed by atoms with Gasteiger partial charge in [-0.05, 0) is 30.5 Å². The van der Waals surface area contributed by atoms with E-state index in [0.717, 1.165) is 19.5 Å². The fourth-order valence-electron chi connectivity index (χ4n) is 3.94. The number of para-hydroxylation sites is 1. The average Bonchev–Trinajstić information content (AvgIpc) is 3.01. The van der Waals surface area contributed by atoms with Crippen molar-refractivity contribution in [1.29, 1.82) is 5.26 Å². The molecule has 2 aromatic rings. The minimum absolute atomic E-state index is 0.124. The Kier molecular flexibility index (Phi) is 5.15. The van der Waals surface area contributed by atoms with Crippen molar-refractivity contribution in [3.05, 3.63) is 70.8 Å². The quantitative estimate of drug-likeness (QED) is 0.458. The lowest BCUT2D eigenvalue weighted by molar-refractivity contribution is -0.138. The second-order valence-electron chi connectivity index (χ2n) is 7.05. The lowest BCUT2D eigenvalue weighted by Gasteiger charge is -2.32. The fraction of sp³-hybridized carbons (Fsp3) is 0.261. The lowest BCUT2D eigenvalue weighted by atomic mass is 10.0. The van der Waals surface area contributed by atoms with Gasteiger partial charge in [0.25, 0.3) is 5.91 Å². The molecule has 2 heterocycles. The fourth-order valence-corrected chi connectivity index (χ4v) is 3.94. The largest absolute Gasteiger partial charge is 0.462 e. The van der Waals surface area contributed by atoms with Crippen molar-refractivity contribution in [1.82, 2.24) is 4.90 Å². The van der Waals surface area contributed by atoms with E-state index in [-0.39, 0.29) is 23.7 Å². The van der Waals surface area contributed by atoms with Crippen LogP contribution >= 0.6 is 0 Å². The number of hydrogen-bond donors (Lipinski definition) is 0. The Labute approximate surface area is 169 Å². The number of carbonyl (C=O) groups is 2. The maximum atomic E-state index is 13.3. The van der Waals surface area contributed by atoms with Crippen LogP contribution in [-0.4, -0.2) is 36.6 Å². The number of nitriles is 1. The van der Waals surface area contributed by atoms with Gasteiger partial charge in [0.1, 0.15) is 6.07 Å². The molecule has 146 valence electrons. The summed E-state index contributed by atoms with van der Waals surface area (Å²) in [4.78, 5) is 29.4. The SMILES string of the molecule is CCOC(=O)/C(C#N)=C1\C(=O)N(CN2CCc3ccccc3C2)c2ccccc21. The summed E-state index contributed by atoms with van der Waals surface area (Å²) in [5.74, 6) is -1.10. The van der Waals surface area contributed by atoms with E-state index >= 15 is 0 Å². The topological polar surface area (TPSA) is 73.6 Å². The number of esters is 1. The standard InChI is InChI=1S/C23H21N3O3/c1-2-29-23(28)19(13-24)21-18-9-5-6-10-20(18)26(22(21)27)15-25-12-11-16-7-3-4-8-17(16)14-25/h3-10H,2,11-12,14-15H2,1H3/b21-19-. The third-order valence-electron chi connectivity index (χ3n) is 5.32. The molecule has 1 amide bonds. The van der Waals surface area contributed by atoms with Crippen molar-refractivity contribution < 1.29 is 14.3 Å². The van der Waals surface area contributed by atoms with Gasteiger partial charge in [-0.25, -0.2) is 4.79 Å². The Morgan fingerprint density at radius 1 is 1.14 bits per heavy atom. The molecule has 0 N–H and O–H groups in total.